The van der Waals surface area contributed by atoms with E-state index in [2.05, 4.69) is 5.18 Å². The zero-order chi connectivity index (χ0) is 19.2. The van der Waals surface area contributed by atoms with Crippen LogP contribution in [0.1, 0.15) is 34.8 Å². The molecule has 1 aliphatic rings. The van der Waals surface area contributed by atoms with Gasteiger partial charge >= 0.3 is 0 Å². The van der Waals surface area contributed by atoms with Crippen LogP contribution in [0.3, 0.4) is 0 Å². The number of amides is 1. The van der Waals surface area contributed by atoms with E-state index in [1.165, 1.54) is 6.92 Å². The molecule has 0 saturated carbocycles. The number of nitrogens with zero attached hydrogens (tertiary/aromatic N) is 2. The number of nitroso groups, excluding NO2 is 1. The van der Waals surface area contributed by atoms with Crippen LogP contribution < -0.4 is 4.90 Å². The van der Waals surface area contributed by atoms with Crippen molar-refractivity contribution < 1.29 is 14.3 Å². The maximum absolute atomic E-state index is 12.3. The Bertz CT molecular complexity index is 835. The molecule has 27 heavy (non-hydrogen) atoms. The third kappa shape index (κ3) is 4.46. The van der Waals surface area contributed by atoms with Crippen LogP contribution in [0.2, 0.25) is 0 Å². The molecule has 140 valence electrons. The minimum Gasteiger partial charge on any atom is -0.375 e. The van der Waals surface area contributed by atoms with E-state index in [0.717, 1.165) is 16.8 Å². The Kier molecular flexibility index (Phi) is 6.08. The van der Waals surface area contributed by atoms with Crippen molar-refractivity contribution in [3.8, 4) is 0 Å². The summed E-state index contributed by atoms with van der Waals surface area (Å²) in [6.07, 6.45) is 0.977. The number of hydrogen-bond acceptors (Lipinski definition) is 5. The van der Waals surface area contributed by atoms with Crippen molar-refractivity contribution in [3.05, 3.63) is 70.1 Å². The van der Waals surface area contributed by atoms with Gasteiger partial charge in [-0.25, -0.2) is 0 Å². The summed E-state index contributed by atoms with van der Waals surface area (Å²) < 4.78 is 5.70. The number of carbonyl (C=O) groups excluding carboxylic acids is 2. The number of Topliss-reactive ketones (excluding diaryl/α,β-unsaturated/α-hetero) is 1. The number of benzene rings is 2. The summed E-state index contributed by atoms with van der Waals surface area (Å²) in [5.41, 5.74) is 3.28. The molecule has 3 rings (SSSR count). The molecule has 0 aromatic heterocycles. The number of aryl methyl sites for hydroxylation is 1. The van der Waals surface area contributed by atoms with E-state index in [-0.39, 0.29) is 11.7 Å². The molecular weight excluding hydrogens is 344 g/mol. The van der Waals surface area contributed by atoms with Crippen molar-refractivity contribution in [1.29, 1.82) is 0 Å². The highest BCUT2D eigenvalue weighted by atomic mass is 16.5. The van der Waals surface area contributed by atoms with Gasteiger partial charge in [-0.05, 0) is 42.7 Å². The minimum absolute atomic E-state index is 0.0489. The lowest BCUT2D eigenvalue weighted by molar-refractivity contribution is -0.119. The summed E-state index contributed by atoms with van der Waals surface area (Å²) in [6.45, 7) is 2.86. The Morgan fingerprint density at radius 1 is 1.19 bits per heavy atom. The average Bonchev–Trinajstić information content (AvgIpc) is 2.71. The Balaban J connectivity index is 1.66. The second-order valence-corrected chi connectivity index (χ2v) is 6.57. The number of rotatable bonds is 8. The summed E-state index contributed by atoms with van der Waals surface area (Å²) in [4.78, 5) is 36.8. The highest BCUT2D eigenvalue weighted by Gasteiger charge is 2.25. The first kappa shape index (κ1) is 18.9. The van der Waals surface area contributed by atoms with E-state index in [1.807, 2.05) is 30.3 Å². The SMILES string of the molecule is CC(N=O)C(=O)c1ccc2c(c1)CCC(=O)N2CCOCc1ccccc1. The maximum Gasteiger partial charge on any atom is 0.227 e. The van der Waals surface area contributed by atoms with Gasteiger partial charge in [0.1, 0.15) is 0 Å². The van der Waals surface area contributed by atoms with Crippen molar-refractivity contribution in [2.75, 3.05) is 18.1 Å². The molecule has 1 heterocycles. The molecule has 1 aliphatic heterocycles. The maximum atomic E-state index is 12.3. The number of hydrogen-bond donors (Lipinski definition) is 0. The van der Waals surface area contributed by atoms with Crippen LogP contribution in [0.25, 0.3) is 0 Å². The van der Waals surface area contributed by atoms with Gasteiger partial charge in [-0.2, -0.15) is 4.91 Å². The lowest BCUT2D eigenvalue weighted by Gasteiger charge is -2.29. The van der Waals surface area contributed by atoms with Crippen LogP contribution in [0.5, 0.6) is 0 Å². The van der Waals surface area contributed by atoms with Gasteiger partial charge in [0.25, 0.3) is 0 Å². The van der Waals surface area contributed by atoms with Crippen molar-refractivity contribution in [3.63, 3.8) is 0 Å². The smallest absolute Gasteiger partial charge is 0.227 e. The lowest BCUT2D eigenvalue weighted by Crippen LogP contribution is -2.37. The summed E-state index contributed by atoms with van der Waals surface area (Å²) in [5.74, 6) is -0.254. The third-order valence-electron chi connectivity index (χ3n) is 4.67. The van der Waals surface area contributed by atoms with Crippen molar-refractivity contribution >= 4 is 17.4 Å². The quantitative estimate of drug-likeness (QED) is 0.407. The van der Waals surface area contributed by atoms with E-state index in [1.54, 1.807) is 23.1 Å². The van der Waals surface area contributed by atoms with Crippen LogP contribution in [-0.4, -0.2) is 30.9 Å². The van der Waals surface area contributed by atoms with Crippen LogP contribution >= 0.6 is 0 Å². The molecule has 0 aliphatic carbocycles. The predicted molar refractivity (Wildman–Crippen MR) is 103 cm³/mol. The second kappa shape index (κ2) is 8.68. The van der Waals surface area contributed by atoms with Crippen LogP contribution in [-0.2, 0) is 22.6 Å². The normalized spacial score (nSPS) is 14.6. The molecule has 6 heteroatoms. The molecule has 6 nitrogen and oxygen atoms in total. The fourth-order valence-electron chi connectivity index (χ4n) is 3.17. The Morgan fingerprint density at radius 3 is 2.70 bits per heavy atom. The highest BCUT2D eigenvalue weighted by molar-refractivity contribution is 6.02. The first-order valence-electron chi connectivity index (χ1n) is 9.02. The topological polar surface area (TPSA) is 76.0 Å². The van der Waals surface area contributed by atoms with E-state index in [4.69, 9.17) is 4.74 Å². The summed E-state index contributed by atoms with van der Waals surface area (Å²) >= 11 is 0. The molecule has 1 atom stereocenters. The molecule has 0 saturated heterocycles. The van der Waals surface area contributed by atoms with Gasteiger partial charge < -0.3 is 9.64 Å². The van der Waals surface area contributed by atoms with Crippen LogP contribution in [0, 0.1) is 4.91 Å². The summed E-state index contributed by atoms with van der Waals surface area (Å²) in [7, 11) is 0. The summed E-state index contributed by atoms with van der Waals surface area (Å²) in [6, 6.07) is 14.2. The van der Waals surface area contributed by atoms with Gasteiger partial charge in [-0.1, -0.05) is 35.5 Å². The van der Waals surface area contributed by atoms with E-state index in [9.17, 15) is 14.5 Å². The fourth-order valence-corrected chi connectivity index (χ4v) is 3.17. The fraction of sp³-hybridized carbons (Fsp3) is 0.333. The number of ketones is 1. The monoisotopic (exact) mass is 366 g/mol. The van der Waals surface area contributed by atoms with Gasteiger partial charge in [0.2, 0.25) is 5.91 Å². The lowest BCUT2D eigenvalue weighted by atomic mass is 9.96. The van der Waals surface area contributed by atoms with Crippen molar-refractivity contribution in [2.24, 2.45) is 5.18 Å². The molecule has 1 unspecified atom stereocenters. The minimum atomic E-state index is -0.907. The van der Waals surface area contributed by atoms with Gasteiger partial charge in [-0.15, -0.1) is 0 Å². The van der Waals surface area contributed by atoms with E-state index < -0.39 is 6.04 Å². The van der Waals surface area contributed by atoms with Crippen molar-refractivity contribution in [2.45, 2.75) is 32.4 Å². The Hall–Kier alpha value is -2.86. The van der Waals surface area contributed by atoms with E-state index >= 15 is 0 Å². The number of anilines is 1. The average molecular weight is 366 g/mol. The van der Waals surface area contributed by atoms with Crippen molar-refractivity contribution in [1.82, 2.24) is 0 Å². The summed E-state index contributed by atoms with van der Waals surface area (Å²) in [5, 5.41) is 2.80. The molecule has 2 aromatic rings. The highest BCUT2D eigenvalue weighted by Crippen LogP contribution is 2.29. The molecule has 2 aromatic carbocycles. The molecule has 1 amide bonds. The van der Waals surface area contributed by atoms with Crippen LogP contribution in [0.15, 0.2) is 53.7 Å². The van der Waals surface area contributed by atoms with Gasteiger partial charge in [0.05, 0.1) is 13.2 Å². The molecule has 0 bridgehead atoms. The number of ether oxygens (including phenoxy) is 1. The van der Waals surface area contributed by atoms with Gasteiger partial charge in [-0.3, -0.25) is 9.59 Å². The molecular formula is C21H22N2O4. The third-order valence-corrected chi connectivity index (χ3v) is 4.67. The molecule has 0 spiro atoms. The first-order valence-corrected chi connectivity index (χ1v) is 9.02. The Labute approximate surface area is 158 Å². The number of fused-ring (bicyclic) bond motifs is 1. The largest absolute Gasteiger partial charge is 0.375 e. The molecule has 0 fully saturated rings. The molecule has 0 radical (unpaired) electrons. The first-order chi connectivity index (χ1) is 13.1. The second-order valence-electron chi connectivity index (χ2n) is 6.57. The zero-order valence-electron chi connectivity index (χ0n) is 15.3. The van der Waals surface area contributed by atoms with Gasteiger partial charge in [0, 0.05) is 24.2 Å². The number of carbonyl (C=O) groups is 2. The zero-order valence-corrected chi connectivity index (χ0v) is 15.3. The van der Waals surface area contributed by atoms with Crippen LogP contribution in [0.4, 0.5) is 5.69 Å². The van der Waals surface area contributed by atoms with Gasteiger partial charge in [0.15, 0.2) is 11.8 Å². The predicted octanol–water partition coefficient (Wildman–Crippen LogP) is 3.52. The Morgan fingerprint density at radius 2 is 1.96 bits per heavy atom. The molecule has 0 N–H and O–H groups in total. The standard InChI is InChI=1S/C21H22N2O4/c1-15(22-26)21(25)18-7-9-19-17(13-18)8-10-20(24)23(19)11-12-27-14-16-5-3-2-4-6-16/h2-7,9,13,15H,8,10-12,14H2,1H3. The van der Waals surface area contributed by atoms with E-state index in [0.29, 0.717) is 38.2 Å².